The molecular formula is C24H24FN5O3S. The lowest BCUT2D eigenvalue weighted by Gasteiger charge is -2.11. The van der Waals surface area contributed by atoms with Crippen LogP contribution in [0.4, 0.5) is 10.1 Å². The summed E-state index contributed by atoms with van der Waals surface area (Å²) in [5.74, 6) is -0.539. The number of rotatable bonds is 6. The number of hydrogen-bond acceptors (Lipinski definition) is 5. The molecule has 2 aromatic heterocycles. The third kappa shape index (κ3) is 4.54. The van der Waals surface area contributed by atoms with Crippen LogP contribution in [0.5, 0.6) is 0 Å². The zero-order valence-corrected chi connectivity index (χ0v) is 20.1. The van der Waals surface area contributed by atoms with Crippen molar-refractivity contribution in [1.82, 2.24) is 18.7 Å². The molecule has 2 heterocycles. The van der Waals surface area contributed by atoms with Crippen molar-refractivity contribution in [3.8, 4) is 0 Å². The second-order valence-corrected chi connectivity index (χ2v) is 9.08. The predicted octanol–water partition coefficient (Wildman–Crippen LogP) is 2.97. The van der Waals surface area contributed by atoms with E-state index in [1.54, 1.807) is 23.7 Å². The molecule has 4 aromatic rings. The Hall–Kier alpha value is -3.66. The van der Waals surface area contributed by atoms with E-state index >= 15 is 0 Å². The van der Waals surface area contributed by atoms with Crippen molar-refractivity contribution in [2.75, 3.05) is 11.1 Å². The number of benzene rings is 2. The van der Waals surface area contributed by atoms with Crippen molar-refractivity contribution < 1.29 is 9.18 Å². The first kappa shape index (κ1) is 23.5. The van der Waals surface area contributed by atoms with Gasteiger partial charge in [0.2, 0.25) is 5.91 Å². The average Bonchev–Trinajstić information content (AvgIpc) is 3.16. The number of halogens is 1. The number of aromatic nitrogens is 4. The molecule has 0 radical (unpaired) electrons. The molecule has 8 nitrogen and oxygen atoms in total. The van der Waals surface area contributed by atoms with E-state index in [0.29, 0.717) is 5.16 Å². The zero-order valence-electron chi connectivity index (χ0n) is 19.3. The minimum absolute atomic E-state index is 0.0499. The lowest BCUT2D eigenvalue weighted by Crippen LogP contribution is -2.37. The fraction of sp³-hybridized carbons (Fsp3) is 0.250. The monoisotopic (exact) mass is 481 g/mol. The van der Waals surface area contributed by atoms with Gasteiger partial charge < -0.3 is 9.88 Å². The molecule has 0 atom stereocenters. The lowest BCUT2D eigenvalue weighted by atomic mass is 10.1. The maximum atomic E-state index is 13.4. The van der Waals surface area contributed by atoms with Gasteiger partial charge in [0.15, 0.2) is 16.3 Å². The summed E-state index contributed by atoms with van der Waals surface area (Å²) in [6.45, 7) is 4.14. The third-order valence-electron chi connectivity index (χ3n) is 5.56. The number of amides is 1. The molecule has 0 fully saturated rings. The van der Waals surface area contributed by atoms with Gasteiger partial charge in [-0.05, 0) is 43.2 Å². The van der Waals surface area contributed by atoms with Gasteiger partial charge in [0, 0.05) is 19.8 Å². The topological polar surface area (TPSA) is 90.9 Å². The van der Waals surface area contributed by atoms with Crippen molar-refractivity contribution in [2.24, 2.45) is 14.1 Å². The Balaban J connectivity index is 1.69. The highest BCUT2D eigenvalue weighted by molar-refractivity contribution is 7.99. The summed E-state index contributed by atoms with van der Waals surface area (Å²) in [6, 6.07) is 11.7. The zero-order chi connectivity index (χ0) is 24.6. The Morgan fingerprint density at radius 3 is 2.44 bits per heavy atom. The molecule has 0 spiro atoms. The number of anilines is 1. The first-order chi connectivity index (χ1) is 16.2. The normalized spacial score (nSPS) is 11.2. The van der Waals surface area contributed by atoms with E-state index in [1.807, 2.05) is 32.0 Å². The molecule has 1 N–H and O–H groups in total. The second-order valence-electron chi connectivity index (χ2n) is 8.14. The Morgan fingerprint density at radius 2 is 1.76 bits per heavy atom. The standard InChI is InChI=1S/C24H24FN5O3S/c1-14-5-10-18(15(2)11-14)26-19(31)13-34-23-27-21-20(22(32)29(4)24(33)28(21)3)30(23)12-16-6-8-17(25)9-7-16/h5-11H,12-13H2,1-4H3,(H,26,31). The van der Waals surface area contributed by atoms with Gasteiger partial charge in [0.25, 0.3) is 5.56 Å². The number of aryl methyl sites for hydroxylation is 3. The van der Waals surface area contributed by atoms with E-state index in [4.69, 9.17) is 0 Å². The Kier molecular flexibility index (Phi) is 6.43. The number of imidazole rings is 1. The largest absolute Gasteiger partial charge is 0.332 e. The number of thioether (sulfide) groups is 1. The van der Waals surface area contributed by atoms with Gasteiger partial charge in [0.1, 0.15) is 5.82 Å². The summed E-state index contributed by atoms with van der Waals surface area (Å²) in [5, 5.41) is 3.31. The second kappa shape index (κ2) is 9.30. The first-order valence-electron chi connectivity index (χ1n) is 10.6. The first-order valence-corrected chi connectivity index (χ1v) is 11.5. The molecule has 0 unspecified atom stereocenters. The van der Waals surface area contributed by atoms with Crippen molar-refractivity contribution in [3.63, 3.8) is 0 Å². The summed E-state index contributed by atoms with van der Waals surface area (Å²) in [5.41, 5.74) is 3.03. The Labute approximate surface area is 199 Å². The molecule has 1 amide bonds. The summed E-state index contributed by atoms with van der Waals surface area (Å²) < 4.78 is 17.4. The van der Waals surface area contributed by atoms with Gasteiger partial charge in [-0.1, -0.05) is 41.6 Å². The van der Waals surface area contributed by atoms with Crippen LogP contribution < -0.4 is 16.6 Å². The highest BCUT2D eigenvalue weighted by atomic mass is 32.2. The highest BCUT2D eigenvalue weighted by Gasteiger charge is 2.20. The van der Waals surface area contributed by atoms with Crippen LogP contribution in [-0.4, -0.2) is 30.3 Å². The number of carbonyl (C=O) groups is 1. The van der Waals surface area contributed by atoms with Crippen LogP contribution in [0.2, 0.25) is 0 Å². The highest BCUT2D eigenvalue weighted by Crippen LogP contribution is 2.24. The minimum Gasteiger partial charge on any atom is -0.325 e. The van der Waals surface area contributed by atoms with E-state index in [0.717, 1.165) is 38.7 Å². The van der Waals surface area contributed by atoms with Gasteiger partial charge in [-0.3, -0.25) is 18.7 Å². The van der Waals surface area contributed by atoms with Gasteiger partial charge in [-0.15, -0.1) is 0 Å². The molecule has 2 aromatic carbocycles. The predicted molar refractivity (Wildman–Crippen MR) is 131 cm³/mol. The van der Waals surface area contributed by atoms with Gasteiger partial charge in [-0.2, -0.15) is 0 Å². The fourth-order valence-electron chi connectivity index (χ4n) is 3.73. The molecule has 0 saturated heterocycles. The minimum atomic E-state index is -0.493. The van der Waals surface area contributed by atoms with Crippen molar-refractivity contribution in [3.05, 3.63) is 85.8 Å². The van der Waals surface area contributed by atoms with Crippen molar-refractivity contribution in [2.45, 2.75) is 25.5 Å². The number of nitrogens with one attached hydrogen (secondary N) is 1. The van der Waals surface area contributed by atoms with E-state index in [9.17, 15) is 18.8 Å². The molecule has 0 aliphatic rings. The van der Waals surface area contributed by atoms with E-state index in [1.165, 1.54) is 23.7 Å². The van der Waals surface area contributed by atoms with Crippen LogP contribution in [0.1, 0.15) is 16.7 Å². The number of fused-ring (bicyclic) bond motifs is 1. The quantitative estimate of drug-likeness (QED) is 0.428. The van der Waals surface area contributed by atoms with E-state index in [2.05, 4.69) is 10.3 Å². The van der Waals surface area contributed by atoms with Gasteiger partial charge >= 0.3 is 5.69 Å². The summed E-state index contributed by atoms with van der Waals surface area (Å²) in [7, 11) is 2.95. The summed E-state index contributed by atoms with van der Waals surface area (Å²) >= 11 is 1.16. The van der Waals surface area contributed by atoms with Crippen molar-refractivity contribution >= 4 is 34.5 Å². The molecule has 0 aliphatic heterocycles. The maximum Gasteiger partial charge on any atom is 0.332 e. The smallest absolute Gasteiger partial charge is 0.325 e. The molecule has 0 aliphatic carbocycles. The van der Waals surface area contributed by atoms with Gasteiger partial charge in [0.05, 0.1) is 12.3 Å². The van der Waals surface area contributed by atoms with Gasteiger partial charge in [-0.25, -0.2) is 14.2 Å². The molecule has 0 saturated carbocycles. The number of hydrogen-bond donors (Lipinski definition) is 1. The van der Waals surface area contributed by atoms with Crippen molar-refractivity contribution in [1.29, 1.82) is 0 Å². The van der Waals surface area contributed by atoms with Crippen LogP contribution in [0.25, 0.3) is 11.2 Å². The van der Waals surface area contributed by atoms with Crippen LogP contribution in [-0.2, 0) is 25.4 Å². The number of nitrogens with zero attached hydrogens (tertiary/aromatic N) is 4. The summed E-state index contributed by atoms with van der Waals surface area (Å²) in [6.07, 6.45) is 0. The fourth-order valence-corrected chi connectivity index (χ4v) is 4.52. The summed E-state index contributed by atoms with van der Waals surface area (Å²) in [4.78, 5) is 42.5. The SMILES string of the molecule is Cc1ccc(NC(=O)CSc2nc3c(c(=O)n(C)c(=O)n3C)n2Cc2ccc(F)cc2)c(C)c1. The van der Waals surface area contributed by atoms with E-state index < -0.39 is 11.2 Å². The van der Waals surface area contributed by atoms with E-state index in [-0.39, 0.29) is 35.2 Å². The molecule has 0 bridgehead atoms. The third-order valence-corrected chi connectivity index (χ3v) is 6.53. The maximum absolute atomic E-state index is 13.4. The lowest BCUT2D eigenvalue weighted by molar-refractivity contribution is -0.113. The molecule has 34 heavy (non-hydrogen) atoms. The Morgan fingerprint density at radius 1 is 1.06 bits per heavy atom. The molecular weight excluding hydrogens is 457 g/mol. The Bertz CT molecular complexity index is 1520. The van der Waals surface area contributed by atoms with Crippen LogP contribution in [0, 0.1) is 19.7 Å². The van der Waals surface area contributed by atoms with Crippen LogP contribution in [0.15, 0.2) is 57.2 Å². The average molecular weight is 482 g/mol. The van der Waals surface area contributed by atoms with Crippen LogP contribution in [0.3, 0.4) is 0 Å². The molecule has 4 rings (SSSR count). The molecule has 10 heteroatoms. The van der Waals surface area contributed by atoms with Crippen LogP contribution >= 0.6 is 11.8 Å². The number of carbonyl (C=O) groups excluding carboxylic acids is 1. The molecule has 176 valence electrons.